The van der Waals surface area contributed by atoms with E-state index < -0.39 is 0 Å². The van der Waals surface area contributed by atoms with Gasteiger partial charge in [0.25, 0.3) is 0 Å². The SMILES string of the molecule is N#Cc1oc2ccccc2c1Oc1ccc(Cl)nn1. The van der Waals surface area contributed by atoms with Crippen LogP contribution in [0.3, 0.4) is 0 Å². The van der Waals surface area contributed by atoms with Crippen molar-refractivity contribution in [3.05, 3.63) is 47.3 Å². The Labute approximate surface area is 113 Å². The number of nitrogens with zero attached hydrogens (tertiary/aromatic N) is 3. The fraction of sp³-hybridized carbons (Fsp3) is 0. The molecule has 0 atom stereocenters. The Morgan fingerprint density at radius 3 is 2.74 bits per heavy atom. The molecule has 2 heterocycles. The molecule has 0 amide bonds. The zero-order chi connectivity index (χ0) is 13.2. The molecule has 0 radical (unpaired) electrons. The molecular weight excluding hydrogens is 266 g/mol. The maximum Gasteiger partial charge on any atom is 0.247 e. The van der Waals surface area contributed by atoms with Crippen molar-refractivity contribution in [1.29, 1.82) is 5.26 Å². The third-order valence-electron chi connectivity index (χ3n) is 2.47. The van der Waals surface area contributed by atoms with Crippen LogP contribution in [-0.4, -0.2) is 10.2 Å². The number of aromatic nitrogens is 2. The molecule has 6 heteroatoms. The van der Waals surface area contributed by atoms with Crippen LogP contribution in [0, 0.1) is 11.3 Å². The van der Waals surface area contributed by atoms with E-state index in [1.165, 1.54) is 0 Å². The topological polar surface area (TPSA) is 71.9 Å². The zero-order valence-corrected chi connectivity index (χ0v) is 10.3. The van der Waals surface area contributed by atoms with Gasteiger partial charge in [0.2, 0.25) is 11.6 Å². The molecule has 0 saturated carbocycles. The quantitative estimate of drug-likeness (QED) is 0.713. The molecule has 0 fully saturated rings. The molecule has 1 aromatic carbocycles. The van der Waals surface area contributed by atoms with Gasteiger partial charge in [-0.1, -0.05) is 23.7 Å². The summed E-state index contributed by atoms with van der Waals surface area (Å²) < 4.78 is 10.9. The normalized spacial score (nSPS) is 10.3. The standard InChI is InChI=1S/C13H6ClN3O2/c14-11-5-6-12(17-16-11)19-13-8-3-1-2-4-9(8)18-10(13)7-15/h1-6H. The van der Waals surface area contributed by atoms with Gasteiger partial charge in [-0.25, -0.2) is 0 Å². The van der Waals surface area contributed by atoms with Crippen LogP contribution in [0.5, 0.6) is 11.6 Å². The number of fused-ring (bicyclic) bond motifs is 1. The predicted octanol–water partition coefficient (Wildman–Crippen LogP) is 3.54. The molecule has 19 heavy (non-hydrogen) atoms. The van der Waals surface area contributed by atoms with Gasteiger partial charge in [-0.3, -0.25) is 0 Å². The molecule has 0 unspecified atom stereocenters. The minimum Gasteiger partial charge on any atom is -0.442 e. The number of furan rings is 1. The van der Waals surface area contributed by atoms with Crippen molar-refractivity contribution in [1.82, 2.24) is 10.2 Å². The first kappa shape index (κ1) is 11.5. The van der Waals surface area contributed by atoms with Crippen LogP contribution >= 0.6 is 11.6 Å². The molecule has 92 valence electrons. The van der Waals surface area contributed by atoms with Crippen molar-refractivity contribution in [2.75, 3.05) is 0 Å². The van der Waals surface area contributed by atoms with Crippen molar-refractivity contribution in [2.45, 2.75) is 0 Å². The summed E-state index contributed by atoms with van der Waals surface area (Å²) in [7, 11) is 0. The highest BCUT2D eigenvalue weighted by molar-refractivity contribution is 6.29. The van der Waals surface area contributed by atoms with E-state index in [1.54, 1.807) is 24.3 Å². The number of rotatable bonds is 2. The second-order valence-electron chi connectivity index (χ2n) is 3.66. The van der Waals surface area contributed by atoms with Crippen LogP contribution in [0.2, 0.25) is 5.15 Å². The maximum absolute atomic E-state index is 9.06. The van der Waals surface area contributed by atoms with Gasteiger partial charge in [-0.05, 0) is 18.2 Å². The molecule has 3 aromatic rings. The summed E-state index contributed by atoms with van der Waals surface area (Å²) in [6.07, 6.45) is 0. The van der Waals surface area contributed by atoms with Crippen molar-refractivity contribution in [3.8, 4) is 17.7 Å². The first-order valence-electron chi connectivity index (χ1n) is 5.36. The number of halogens is 1. The monoisotopic (exact) mass is 271 g/mol. The lowest BCUT2D eigenvalue weighted by Gasteiger charge is -2.01. The van der Waals surface area contributed by atoms with E-state index in [0.717, 1.165) is 0 Å². The number of benzene rings is 1. The number of hydrogen-bond donors (Lipinski definition) is 0. The number of nitriles is 1. The number of para-hydroxylation sites is 1. The second kappa shape index (κ2) is 4.59. The largest absolute Gasteiger partial charge is 0.442 e. The van der Waals surface area contributed by atoms with Crippen molar-refractivity contribution in [3.63, 3.8) is 0 Å². The van der Waals surface area contributed by atoms with Crippen LogP contribution in [0.4, 0.5) is 0 Å². The Morgan fingerprint density at radius 2 is 2.00 bits per heavy atom. The molecule has 2 aromatic heterocycles. The number of hydrogen-bond acceptors (Lipinski definition) is 5. The van der Waals surface area contributed by atoms with Crippen molar-refractivity contribution < 1.29 is 9.15 Å². The smallest absolute Gasteiger partial charge is 0.247 e. The lowest BCUT2D eigenvalue weighted by atomic mass is 10.2. The summed E-state index contributed by atoms with van der Waals surface area (Å²) >= 11 is 5.65. The Balaban J connectivity index is 2.09. The van der Waals surface area contributed by atoms with Crippen LogP contribution in [0.1, 0.15) is 5.76 Å². The lowest BCUT2D eigenvalue weighted by molar-refractivity contribution is 0.444. The van der Waals surface area contributed by atoms with Gasteiger partial charge < -0.3 is 9.15 Å². The van der Waals surface area contributed by atoms with E-state index in [4.69, 9.17) is 26.0 Å². The van der Waals surface area contributed by atoms with Crippen LogP contribution < -0.4 is 4.74 Å². The molecule has 0 spiro atoms. The molecule has 0 aliphatic carbocycles. The zero-order valence-electron chi connectivity index (χ0n) is 9.50. The average Bonchev–Trinajstić information content (AvgIpc) is 2.79. The molecular formula is C13H6ClN3O2. The van der Waals surface area contributed by atoms with Gasteiger partial charge in [0.05, 0.1) is 5.39 Å². The van der Waals surface area contributed by atoms with Crippen molar-refractivity contribution in [2.24, 2.45) is 0 Å². The Hall–Kier alpha value is -2.58. The van der Waals surface area contributed by atoms with Crippen LogP contribution in [0.15, 0.2) is 40.8 Å². The highest BCUT2D eigenvalue weighted by atomic mass is 35.5. The summed E-state index contributed by atoms with van der Waals surface area (Å²) in [5.74, 6) is 0.667. The first-order valence-corrected chi connectivity index (χ1v) is 5.74. The maximum atomic E-state index is 9.06. The van der Waals surface area contributed by atoms with E-state index in [0.29, 0.717) is 16.7 Å². The first-order chi connectivity index (χ1) is 9.28. The molecule has 0 aliphatic heterocycles. The second-order valence-corrected chi connectivity index (χ2v) is 4.05. The van der Waals surface area contributed by atoms with E-state index in [1.807, 2.05) is 18.2 Å². The average molecular weight is 272 g/mol. The summed E-state index contributed by atoms with van der Waals surface area (Å²) in [6.45, 7) is 0. The van der Waals surface area contributed by atoms with Crippen LogP contribution in [-0.2, 0) is 0 Å². The van der Waals surface area contributed by atoms with E-state index in [2.05, 4.69) is 10.2 Å². The fourth-order valence-electron chi connectivity index (χ4n) is 1.66. The van der Waals surface area contributed by atoms with E-state index >= 15 is 0 Å². The Morgan fingerprint density at radius 1 is 1.16 bits per heavy atom. The van der Waals surface area contributed by atoms with Gasteiger partial charge in [0.1, 0.15) is 11.7 Å². The summed E-state index contributed by atoms with van der Waals surface area (Å²) in [5, 5.41) is 17.5. The minimum absolute atomic E-state index is 0.0953. The molecule has 0 aliphatic rings. The van der Waals surface area contributed by atoms with Gasteiger partial charge in [-0.2, -0.15) is 5.26 Å². The predicted molar refractivity (Wildman–Crippen MR) is 68.0 cm³/mol. The van der Waals surface area contributed by atoms with E-state index in [9.17, 15) is 0 Å². The summed E-state index contributed by atoms with van der Waals surface area (Å²) in [5.41, 5.74) is 0.580. The van der Waals surface area contributed by atoms with Gasteiger partial charge in [0, 0.05) is 6.07 Å². The third-order valence-corrected chi connectivity index (χ3v) is 2.67. The molecule has 0 N–H and O–H groups in total. The van der Waals surface area contributed by atoms with E-state index in [-0.39, 0.29) is 16.8 Å². The van der Waals surface area contributed by atoms with Crippen molar-refractivity contribution >= 4 is 22.6 Å². The highest BCUT2D eigenvalue weighted by Gasteiger charge is 2.16. The Bertz CT molecular complexity index is 775. The molecule has 0 bridgehead atoms. The lowest BCUT2D eigenvalue weighted by Crippen LogP contribution is -1.90. The summed E-state index contributed by atoms with van der Waals surface area (Å²) in [6, 6.07) is 12.3. The molecule has 5 nitrogen and oxygen atoms in total. The minimum atomic E-state index is 0.0953. The fourth-order valence-corrected chi connectivity index (χ4v) is 1.76. The summed E-state index contributed by atoms with van der Waals surface area (Å²) in [4.78, 5) is 0. The Kier molecular flexibility index (Phi) is 2.78. The van der Waals surface area contributed by atoms with Gasteiger partial charge in [0.15, 0.2) is 10.9 Å². The number of ether oxygens (including phenoxy) is 1. The molecule has 0 saturated heterocycles. The van der Waals surface area contributed by atoms with Crippen LogP contribution in [0.25, 0.3) is 11.0 Å². The highest BCUT2D eigenvalue weighted by Crippen LogP contribution is 2.35. The van der Waals surface area contributed by atoms with Gasteiger partial charge >= 0.3 is 0 Å². The third kappa shape index (κ3) is 2.09. The van der Waals surface area contributed by atoms with Gasteiger partial charge in [-0.15, -0.1) is 10.2 Å². The molecule has 3 rings (SSSR count).